The lowest BCUT2D eigenvalue weighted by Gasteiger charge is -2.32. The Bertz CT molecular complexity index is 498. The molecule has 3 fully saturated rings. The van der Waals surface area contributed by atoms with Gasteiger partial charge >= 0.3 is 18.1 Å². The summed E-state index contributed by atoms with van der Waals surface area (Å²) >= 11 is 0. The highest BCUT2D eigenvalue weighted by Crippen LogP contribution is 2.62. The van der Waals surface area contributed by atoms with Crippen molar-refractivity contribution in [2.45, 2.75) is 31.7 Å². The van der Waals surface area contributed by atoms with E-state index in [2.05, 4.69) is 6.58 Å². The Morgan fingerprint density at radius 1 is 1.40 bits per heavy atom. The third kappa shape index (κ3) is 1.68. The molecular weight excluding hydrogens is 277 g/mol. The zero-order chi connectivity index (χ0) is 14.8. The summed E-state index contributed by atoms with van der Waals surface area (Å²) in [7, 11) is 0. The van der Waals surface area contributed by atoms with E-state index in [1.165, 1.54) is 6.92 Å². The zero-order valence-electron chi connectivity index (χ0n) is 10.6. The van der Waals surface area contributed by atoms with Crippen molar-refractivity contribution in [2.75, 3.05) is 0 Å². The molecular formula is C13H13F3O4. The molecule has 6 atom stereocenters. The van der Waals surface area contributed by atoms with E-state index < -0.39 is 54.0 Å². The van der Waals surface area contributed by atoms with Gasteiger partial charge < -0.3 is 9.47 Å². The van der Waals surface area contributed by atoms with Gasteiger partial charge in [-0.1, -0.05) is 6.58 Å². The molecule has 7 heteroatoms. The van der Waals surface area contributed by atoms with Crippen molar-refractivity contribution < 1.29 is 32.2 Å². The number of hydrogen-bond acceptors (Lipinski definition) is 4. The summed E-state index contributed by atoms with van der Waals surface area (Å²) < 4.78 is 49.6. The summed E-state index contributed by atoms with van der Waals surface area (Å²) in [6, 6.07) is 0. The van der Waals surface area contributed by atoms with Crippen molar-refractivity contribution in [1.82, 2.24) is 0 Å². The van der Waals surface area contributed by atoms with Gasteiger partial charge in [-0.05, 0) is 13.3 Å². The topological polar surface area (TPSA) is 52.6 Å². The van der Waals surface area contributed by atoms with Crippen molar-refractivity contribution >= 4 is 11.9 Å². The molecule has 0 radical (unpaired) electrons. The third-order valence-electron chi connectivity index (χ3n) is 4.52. The highest BCUT2D eigenvalue weighted by Gasteiger charge is 2.73. The first-order valence-corrected chi connectivity index (χ1v) is 6.35. The van der Waals surface area contributed by atoms with Gasteiger partial charge in [0.2, 0.25) is 0 Å². The van der Waals surface area contributed by atoms with Crippen LogP contribution in [0.4, 0.5) is 13.2 Å². The standard InChI is InChI=1S/C13H13F3O4/c1-4(2)11(17)19-10-6-3-5-7(8(6)13(14,15)16)12(18)20-9(5)10/h5-10H,1,3H2,2H3. The highest BCUT2D eigenvalue weighted by molar-refractivity contribution is 5.87. The fourth-order valence-electron chi connectivity index (χ4n) is 3.82. The van der Waals surface area contributed by atoms with E-state index in [9.17, 15) is 22.8 Å². The van der Waals surface area contributed by atoms with E-state index in [0.29, 0.717) is 0 Å². The molecule has 1 aliphatic heterocycles. The van der Waals surface area contributed by atoms with Gasteiger partial charge in [-0.2, -0.15) is 13.2 Å². The second kappa shape index (κ2) is 3.99. The van der Waals surface area contributed by atoms with Gasteiger partial charge in [0.05, 0.1) is 11.8 Å². The van der Waals surface area contributed by atoms with Crippen LogP contribution in [-0.2, 0) is 19.1 Å². The Labute approximate surface area is 112 Å². The zero-order valence-corrected chi connectivity index (χ0v) is 10.6. The summed E-state index contributed by atoms with van der Waals surface area (Å²) in [5.41, 5.74) is 0.109. The average Bonchev–Trinajstić information content (AvgIpc) is 2.90. The molecule has 0 aromatic heterocycles. The molecule has 4 nitrogen and oxygen atoms in total. The minimum Gasteiger partial charge on any atom is -0.458 e. The van der Waals surface area contributed by atoms with Crippen molar-refractivity contribution in [3.63, 3.8) is 0 Å². The first-order chi connectivity index (χ1) is 9.21. The van der Waals surface area contributed by atoms with E-state index in [-0.39, 0.29) is 12.0 Å². The molecule has 3 aliphatic rings. The maximum atomic E-state index is 13.2. The molecule has 0 N–H and O–H groups in total. The SMILES string of the molecule is C=C(C)C(=O)OC1C2CC3C1OC(=O)C3C2C(F)(F)F. The van der Waals surface area contributed by atoms with Gasteiger partial charge in [0, 0.05) is 17.4 Å². The minimum absolute atomic E-state index is 0.109. The fraction of sp³-hybridized carbons (Fsp3) is 0.692. The molecule has 1 heterocycles. The molecule has 0 amide bonds. The number of carbonyl (C=O) groups excluding carboxylic acids is 2. The summed E-state index contributed by atoms with van der Waals surface area (Å²) in [6.45, 7) is 4.82. The Kier molecular flexibility index (Phi) is 2.68. The quantitative estimate of drug-likeness (QED) is 0.575. The Morgan fingerprint density at radius 2 is 2.05 bits per heavy atom. The highest BCUT2D eigenvalue weighted by atomic mass is 19.4. The predicted molar refractivity (Wildman–Crippen MR) is 59.2 cm³/mol. The number of rotatable bonds is 2. The van der Waals surface area contributed by atoms with Gasteiger partial charge in [-0.3, -0.25) is 4.79 Å². The Balaban J connectivity index is 1.90. The van der Waals surface area contributed by atoms with Crippen LogP contribution >= 0.6 is 0 Å². The lowest BCUT2D eigenvalue weighted by molar-refractivity contribution is -0.210. The van der Waals surface area contributed by atoms with Gasteiger partial charge in [0.25, 0.3) is 0 Å². The van der Waals surface area contributed by atoms with Crippen LogP contribution in [0.25, 0.3) is 0 Å². The van der Waals surface area contributed by atoms with Crippen LogP contribution in [0.1, 0.15) is 13.3 Å². The van der Waals surface area contributed by atoms with Crippen LogP contribution in [0.3, 0.4) is 0 Å². The van der Waals surface area contributed by atoms with Crippen LogP contribution < -0.4 is 0 Å². The van der Waals surface area contributed by atoms with Crippen LogP contribution in [0.5, 0.6) is 0 Å². The molecule has 6 unspecified atom stereocenters. The summed E-state index contributed by atoms with van der Waals surface area (Å²) in [5.74, 6) is -5.88. The number of esters is 2. The summed E-state index contributed by atoms with van der Waals surface area (Å²) in [6.07, 6.45) is -6.04. The van der Waals surface area contributed by atoms with E-state index in [4.69, 9.17) is 9.47 Å². The lowest BCUT2D eigenvalue weighted by Crippen LogP contribution is -2.45. The van der Waals surface area contributed by atoms with Crippen molar-refractivity contribution in [3.8, 4) is 0 Å². The molecule has 0 spiro atoms. The Hall–Kier alpha value is -1.53. The molecule has 2 saturated carbocycles. The molecule has 0 aromatic rings. The van der Waals surface area contributed by atoms with Gasteiger partial charge in [0.15, 0.2) is 0 Å². The van der Waals surface area contributed by atoms with E-state index in [1.807, 2.05) is 0 Å². The summed E-state index contributed by atoms with van der Waals surface area (Å²) in [5, 5.41) is 0. The maximum absolute atomic E-state index is 13.2. The average molecular weight is 290 g/mol. The molecule has 2 bridgehead atoms. The first-order valence-electron chi connectivity index (χ1n) is 6.35. The fourth-order valence-corrected chi connectivity index (χ4v) is 3.82. The van der Waals surface area contributed by atoms with Crippen molar-refractivity contribution in [1.29, 1.82) is 0 Å². The third-order valence-corrected chi connectivity index (χ3v) is 4.52. The van der Waals surface area contributed by atoms with E-state index >= 15 is 0 Å². The second-order valence-electron chi connectivity index (χ2n) is 5.71. The Morgan fingerprint density at radius 3 is 2.60 bits per heavy atom. The van der Waals surface area contributed by atoms with Gasteiger partial charge in [-0.25, -0.2) is 4.79 Å². The number of carbonyl (C=O) groups is 2. The lowest BCUT2D eigenvalue weighted by atomic mass is 9.78. The molecule has 2 aliphatic carbocycles. The largest absolute Gasteiger partial charge is 0.458 e. The minimum atomic E-state index is -4.49. The first kappa shape index (κ1) is 13.5. The van der Waals surface area contributed by atoms with Crippen molar-refractivity contribution in [2.24, 2.45) is 23.7 Å². The van der Waals surface area contributed by atoms with Crippen molar-refractivity contribution in [3.05, 3.63) is 12.2 Å². The smallest absolute Gasteiger partial charge is 0.393 e. The molecule has 3 rings (SSSR count). The number of hydrogen-bond donors (Lipinski definition) is 0. The number of ether oxygens (including phenoxy) is 2. The van der Waals surface area contributed by atoms with Crippen LogP contribution in [0.15, 0.2) is 12.2 Å². The normalized spacial score (nSPS) is 41.7. The molecule has 110 valence electrons. The van der Waals surface area contributed by atoms with Crippen LogP contribution in [-0.4, -0.2) is 30.3 Å². The summed E-state index contributed by atoms with van der Waals surface area (Å²) in [4.78, 5) is 23.2. The molecule has 1 saturated heterocycles. The van der Waals surface area contributed by atoms with Crippen LogP contribution in [0.2, 0.25) is 0 Å². The van der Waals surface area contributed by atoms with Gasteiger partial charge in [-0.15, -0.1) is 0 Å². The number of fused-ring (bicyclic) bond motifs is 1. The number of halogens is 3. The predicted octanol–water partition coefficient (Wildman–Crippen LogP) is 1.84. The maximum Gasteiger partial charge on any atom is 0.393 e. The monoisotopic (exact) mass is 290 g/mol. The van der Waals surface area contributed by atoms with E-state index in [1.54, 1.807) is 0 Å². The van der Waals surface area contributed by atoms with Gasteiger partial charge in [0.1, 0.15) is 12.2 Å². The molecule has 20 heavy (non-hydrogen) atoms. The van der Waals surface area contributed by atoms with Crippen LogP contribution in [0, 0.1) is 23.7 Å². The van der Waals surface area contributed by atoms with E-state index in [0.717, 1.165) is 0 Å². The molecule has 0 aromatic carbocycles. The number of alkyl halides is 3. The second-order valence-corrected chi connectivity index (χ2v) is 5.71.